The Kier molecular flexibility index (Phi) is 4.42. The van der Waals surface area contributed by atoms with Crippen molar-refractivity contribution in [2.45, 2.75) is 38.0 Å². The Hall–Kier alpha value is -2.29. The van der Waals surface area contributed by atoms with Gasteiger partial charge in [0.25, 0.3) is 0 Å². The van der Waals surface area contributed by atoms with Crippen LogP contribution in [0.5, 0.6) is 11.5 Å². The van der Waals surface area contributed by atoms with E-state index >= 15 is 0 Å². The van der Waals surface area contributed by atoms with Crippen molar-refractivity contribution in [2.24, 2.45) is 0 Å². The number of hydrogen-bond acceptors (Lipinski definition) is 3. The zero-order valence-electron chi connectivity index (χ0n) is 12.5. The quantitative estimate of drug-likeness (QED) is 0.662. The number of phenolic OH excluding ortho intramolecular Hbond substituents is 1. The molecule has 0 aromatic heterocycles. The average molecular weight is 296 g/mol. The first-order valence-corrected chi connectivity index (χ1v) is 7.83. The van der Waals surface area contributed by atoms with Crippen LogP contribution >= 0.6 is 0 Å². The molecule has 0 bridgehead atoms. The van der Waals surface area contributed by atoms with Crippen molar-refractivity contribution >= 4 is 5.97 Å². The molecule has 2 aromatic carbocycles. The minimum Gasteiger partial charge on any atom is -0.508 e. The second kappa shape index (κ2) is 6.65. The topological polar surface area (TPSA) is 46.5 Å². The smallest absolute Gasteiger partial charge is 0.343 e. The van der Waals surface area contributed by atoms with Crippen molar-refractivity contribution < 1.29 is 14.6 Å². The van der Waals surface area contributed by atoms with Crippen molar-refractivity contribution in [3.05, 3.63) is 59.7 Å². The standard InChI is InChI=1S/C19H20O3/c20-17-10-12-18(13-11-17)22-19(21)16-8-6-15(7-9-16)14-4-2-1-3-5-14/h6-14,20H,1-5H2. The molecule has 0 unspecified atom stereocenters. The molecule has 1 saturated carbocycles. The molecule has 114 valence electrons. The molecular weight excluding hydrogens is 276 g/mol. The highest BCUT2D eigenvalue weighted by Gasteiger charge is 2.16. The van der Waals surface area contributed by atoms with Crippen LogP contribution in [-0.4, -0.2) is 11.1 Å². The molecule has 22 heavy (non-hydrogen) atoms. The molecule has 0 radical (unpaired) electrons. The summed E-state index contributed by atoms with van der Waals surface area (Å²) in [5.74, 6) is 0.840. The average Bonchev–Trinajstić information content (AvgIpc) is 2.58. The molecule has 0 amide bonds. The van der Waals surface area contributed by atoms with Crippen molar-refractivity contribution in [1.29, 1.82) is 0 Å². The van der Waals surface area contributed by atoms with E-state index in [1.54, 1.807) is 12.1 Å². The van der Waals surface area contributed by atoms with E-state index < -0.39 is 0 Å². The monoisotopic (exact) mass is 296 g/mol. The maximum absolute atomic E-state index is 12.1. The number of rotatable bonds is 3. The highest BCUT2D eigenvalue weighted by Crippen LogP contribution is 2.32. The SMILES string of the molecule is O=C(Oc1ccc(O)cc1)c1ccc(C2CCCCC2)cc1. The van der Waals surface area contributed by atoms with Crippen LogP contribution in [0.1, 0.15) is 53.9 Å². The lowest BCUT2D eigenvalue weighted by molar-refractivity contribution is 0.0734. The molecule has 0 atom stereocenters. The molecule has 2 aromatic rings. The summed E-state index contributed by atoms with van der Waals surface area (Å²) >= 11 is 0. The number of carbonyl (C=O) groups excluding carboxylic acids is 1. The largest absolute Gasteiger partial charge is 0.508 e. The molecule has 0 saturated heterocycles. The number of ether oxygens (including phenoxy) is 1. The van der Waals surface area contributed by atoms with Gasteiger partial charge >= 0.3 is 5.97 Å². The van der Waals surface area contributed by atoms with Gasteiger partial charge in [0, 0.05) is 0 Å². The van der Waals surface area contributed by atoms with E-state index in [4.69, 9.17) is 4.74 Å². The molecule has 1 fully saturated rings. The number of esters is 1. The van der Waals surface area contributed by atoms with Crippen LogP contribution in [0.3, 0.4) is 0 Å². The molecule has 0 spiro atoms. The summed E-state index contributed by atoms with van der Waals surface area (Å²) in [6, 6.07) is 13.9. The van der Waals surface area contributed by atoms with Gasteiger partial charge in [0.2, 0.25) is 0 Å². The Morgan fingerprint density at radius 3 is 2.18 bits per heavy atom. The molecule has 3 nitrogen and oxygen atoms in total. The van der Waals surface area contributed by atoms with E-state index in [1.165, 1.54) is 49.8 Å². The third-order valence-electron chi connectivity index (χ3n) is 4.27. The molecular formula is C19H20O3. The van der Waals surface area contributed by atoms with Crippen LogP contribution in [0.4, 0.5) is 0 Å². The molecule has 1 aliphatic carbocycles. The van der Waals surface area contributed by atoms with Crippen molar-refractivity contribution in [1.82, 2.24) is 0 Å². The van der Waals surface area contributed by atoms with E-state index in [0.29, 0.717) is 17.2 Å². The predicted molar refractivity (Wildman–Crippen MR) is 85.3 cm³/mol. The second-order valence-corrected chi connectivity index (χ2v) is 5.84. The van der Waals surface area contributed by atoms with Crippen LogP contribution in [0, 0.1) is 0 Å². The van der Waals surface area contributed by atoms with Gasteiger partial charge in [-0.25, -0.2) is 4.79 Å². The molecule has 0 aliphatic heterocycles. The summed E-state index contributed by atoms with van der Waals surface area (Å²) in [5, 5.41) is 9.22. The van der Waals surface area contributed by atoms with E-state index in [0.717, 1.165) is 0 Å². The molecule has 0 heterocycles. The molecule has 1 aliphatic rings. The number of benzene rings is 2. The van der Waals surface area contributed by atoms with Gasteiger partial charge in [0.15, 0.2) is 0 Å². The lowest BCUT2D eigenvalue weighted by Crippen LogP contribution is -2.09. The Balaban J connectivity index is 1.66. The van der Waals surface area contributed by atoms with E-state index in [9.17, 15) is 9.90 Å². The number of carbonyl (C=O) groups is 1. The summed E-state index contributed by atoms with van der Waals surface area (Å²) in [6.07, 6.45) is 6.44. The van der Waals surface area contributed by atoms with Gasteiger partial charge in [0.05, 0.1) is 5.56 Å². The lowest BCUT2D eigenvalue weighted by atomic mass is 9.84. The van der Waals surface area contributed by atoms with Crippen molar-refractivity contribution in [2.75, 3.05) is 0 Å². The maximum atomic E-state index is 12.1. The zero-order valence-corrected chi connectivity index (χ0v) is 12.5. The predicted octanol–water partition coefficient (Wildman–Crippen LogP) is 4.66. The van der Waals surface area contributed by atoms with Gasteiger partial charge in [-0.15, -0.1) is 0 Å². The third-order valence-corrected chi connectivity index (χ3v) is 4.27. The first kappa shape index (κ1) is 14.6. The first-order chi connectivity index (χ1) is 10.7. The van der Waals surface area contributed by atoms with Gasteiger partial charge in [0.1, 0.15) is 11.5 Å². The third kappa shape index (κ3) is 3.48. The van der Waals surface area contributed by atoms with Crippen LogP contribution in [0.2, 0.25) is 0 Å². The number of phenols is 1. The van der Waals surface area contributed by atoms with Crippen LogP contribution < -0.4 is 4.74 Å². The van der Waals surface area contributed by atoms with Crippen molar-refractivity contribution in [3.8, 4) is 11.5 Å². The van der Waals surface area contributed by atoms with Gasteiger partial charge in [-0.2, -0.15) is 0 Å². The first-order valence-electron chi connectivity index (χ1n) is 7.83. The Morgan fingerprint density at radius 1 is 0.909 bits per heavy atom. The normalized spacial score (nSPS) is 15.5. The lowest BCUT2D eigenvalue weighted by Gasteiger charge is -2.21. The van der Waals surface area contributed by atoms with Gasteiger partial charge < -0.3 is 9.84 Å². The van der Waals surface area contributed by atoms with E-state index in [-0.39, 0.29) is 11.7 Å². The maximum Gasteiger partial charge on any atom is 0.343 e. The van der Waals surface area contributed by atoms with Crippen LogP contribution in [0.15, 0.2) is 48.5 Å². The number of aromatic hydroxyl groups is 1. The Labute approximate surface area is 130 Å². The number of hydrogen-bond donors (Lipinski definition) is 1. The minimum absolute atomic E-state index is 0.150. The fourth-order valence-corrected chi connectivity index (χ4v) is 3.01. The highest BCUT2D eigenvalue weighted by molar-refractivity contribution is 5.91. The highest BCUT2D eigenvalue weighted by atomic mass is 16.5. The minimum atomic E-state index is -0.374. The molecule has 3 rings (SSSR count). The van der Waals surface area contributed by atoms with Crippen LogP contribution in [-0.2, 0) is 0 Å². The second-order valence-electron chi connectivity index (χ2n) is 5.84. The Bertz CT molecular complexity index is 623. The molecule has 1 N–H and O–H groups in total. The Morgan fingerprint density at radius 2 is 1.55 bits per heavy atom. The van der Waals surface area contributed by atoms with E-state index in [2.05, 4.69) is 0 Å². The van der Waals surface area contributed by atoms with E-state index in [1.807, 2.05) is 24.3 Å². The van der Waals surface area contributed by atoms with Gasteiger partial charge in [-0.1, -0.05) is 31.4 Å². The summed E-state index contributed by atoms with van der Waals surface area (Å²) in [4.78, 5) is 12.1. The summed E-state index contributed by atoms with van der Waals surface area (Å²) in [6.45, 7) is 0. The van der Waals surface area contributed by atoms with Gasteiger partial charge in [-0.05, 0) is 60.7 Å². The fraction of sp³-hybridized carbons (Fsp3) is 0.316. The van der Waals surface area contributed by atoms with Crippen molar-refractivity contribution in [3.63, 3.8) is 0 Å². The summed E-state index contributed by atoms with van der Waals surface area (Å²) in [7, 11) is 0. The summed E-state index contributed by atoms with van der Waals surface area (Å²) < 4.78 is 5.29. The van der Waals surface area contributed by atoms with Gasteiger partial charge in [-0.3, -0.25) is 0 Å². The fourth-order valence-electron chi connectivity index (χ4n) is 3.01. The molecule has 3 heteroatoms. The van der Waals surface area contributed by atoms with Crippen LogP contribution in [0.25, 0.3) is 0 Å². The zero-order chi connectivity index (χ0) is 15.4. The summed E-state index contributed by atoms with van der Waals surface area (Å²) in [5.41, 5.74) is 1.87.